The van der Waals surface area contributed by atoms with Gasteiger partial charge in [-0.3, -0.25) is 4.79 Å². The van der Waals surface area contributed by atoms with Crippen LogP contribution < -0.4 is 5.32 Å². The van der Waals surface area contributed by atoms with Gasteiger partial charge in [0.05, 0.1) is 5.56 Å². The molecule has 0 bridgehead atoms. The molecule has 2 atom stereocenters. The van der Waals surface area contributed by atoms with Crippen LogP contribution in [0.5, 0.6) is 0 Å². The van der Waals surface area contributed by atoms with Gasteiger partial charge in [0.2, 0.25) is 0 Å². The first-order chi connectivity index (χ1) is 11.1. The number of nitrogens with one attached hydrogen (secondary N) is 1. The molecule has 1 spiro atoms. The Morgan fingerprint density at radius 2 is 2.17 bits per heavy atom. The van der Waals surface area contributed by atoms with Gasteiger partial charge in [-0.05, 0) is 36.3 Å². The largest absolute Gasteiger partial charge is 0.478 e. The lowest BCUT2D eigenvalue weighted by Gasteiger charge is -2.11. The van der Waals surface area contributed by atoms with Crippen LogP contribution >= 0.6 is 0 Å². The summed E-state index contributed by atoms with van der Waals surface area (Å²) in [4.78, 5) is 22.9. The maximum Gasteiger partial charge on any atom is 0.338 e. The highest BCUT2D eigenvalue weighted by Gasteiger charge is 2.57. The SMILES string of the molecule is O=C(O)c1coc(C(=O)NC[C@H]2C[C@@]23CCc2ccccc23)c1. The minimum Gasteiger partial charge on any atom is -0.478 e. The van der Waals surface area contributed by atoms with Gasteiger partial charge in [0, 0.05) is 18.0 Å². The molecule has 118 valence electrons. The number of rotatable bonds is 4. The Morgan fingerprint density at radius 3 is 2.96 bits per heavy atom. The highest BCUT2D eigenvalue weighted by molar-refractivity contribution is 5.95. The van der Waals surface area contributed by atoms with Crippen LogP contribution in [-0.2, 0) is 11.8 Å². The molecule has 0 aliphatic heterocycles. The van der Waals surface area contributed by atoms with Gasteiger partial charge in [0.25, 0.3) is 5.91 Å². The molecule has 23 heavy (non-hydrogen) atoms. The fourth-order valence-corrected chi connectivity index (χ4v) is 3.87. The number of carboxylic acid groups (broad SMARTS) is 1. The zero-order chi connectivity index (χ0) is 16.0. The molecule has 2 aromatic rings. The fourth-order valence-electron chi connectivity index (χ4n) is 3.87. The molecule has 1 fully saturated rings. The van der Waals surface area contributed by atoms with Crippen molar-refractivity contribution in [2.24, 2.45) is 5.92 Å². The van der Waals surface area contributed by atoms with Crippen molar-refractivity contribution < 1.29 is 19.1 Å². The van der Waals surface area contributed by atoms with E-state index in [1.165, 1.54) is 17.2 Å². The number of aromatic carboxylic acids is 1. The number of amides is 1. The predicted octanol–water partition coefficient (Wildman–Crippen LogP) is 2.61. The molecular weight excluding hydrogens is 294 g/mol. The van der Waals surface area contributed by atoms with Gasteiger partial charge < -0.3 is 14.8 Å². The molecule has 0 saturated heterocycles. The lowest BCUT2D eigenvalue weighted by atomic mass is 9.95. The van der Waals surface area contributed by atoms with E-state index in [9.17, 15) is 9.59 Å². The Bertz CT molecular complexity index is 794. The van der Waals surface area contributed by atoms with Crippen LogP contribution in [0.3, 0.4) is 0 Å². The third-order valence-electron chi connectivity index (χ3n) is 5.21. The first-order valence-corrected chi connectivity index (χ1v) is 7.78. The lowest BCUT2D eigenvalue weighted by molar-refractivity contribution is 0.0696. The highest BCUT2D eigenvalue weighted by Crippen LogP contribution is 2.61. The molecule has 1 aromatic carbocycles. The number of fused-ring (bicyclic) bond motifs is 2. The van der Waals surface area contributed by atoms with Gasteiger partial charge in [-0.25, -0.2) is 4.79 Å². The number of furan rings is 1. The smallest absolute Gasteiger partial charge is 0.338 e. The molecule has 2 N–H and O–H groups in total. The maximum atomic E-state index is 12.1. The number of carbonyl (C=O) groups is 2. The van der Waals surface area contributed by atoms with Crippen LogP contribution in [-0.4, -0.2) is 23.5 Å². The lowest BCUT2D eigenvalue weighted by Crippen LogP contribution is -2.27. The summed E-state index contributed by atoms with van der Waals surface area (Å²) in [6, 6.07) is 9.81. The third-order valence-corrected chi connectivity index (χ3v) is 5.21. The number of carboxylic acids is 1. The second-order valence-corrected chi connectivity index (χ2v) is 6.43. The summed E-state index contributed by atoms with van der Waals surface area (Å²) in [5.74, 6) is -0.963. The molecular formula is C18H17NO4. The van der Waals surface area contributed by atoms with Gasteiger partial charge in [0.1, 0.15) is 6.26 Å². The predicted molar refractivity (Wildman–Crippen MR) is 82.5 cm³/mol. The van der Waals surface area contributed by atoms with E-state index in [2.05, 4.69) is 29.6 Å². The van der Waals surface area contributed by atoms with E-state index in [-0.39, 0.29) is 22.6 Å². The molecule has 0 radical (unpaired) electrons. The van der Waals surface area contributed by atoms with Crippen LogP contribution in [0.15, 0.2) is 41.0 Å². The quantitative estimate of drug-likeness (QED) is 0.909. The molecule has 2 aliphatic rings. The van der Waals surface area contributed by atoms with Gasteiger partial charge in [-0.15, -0.1) is 0 Å². The number of hydrogen-bond donors (Lipinski definition) is 2. The molecule has 1 aromatic heterocycles. The fraction of sp³-hybridized carbons (Fsp3) is 0.333. The average molecular weight is 311 g/mol. The molecule has 1 amide bonds. The second kappa shape index (κ2) is 4.98. The van der Waals surface area contributed by atoms with Crippen molar-refractivity contribution in [2.75, 3.05) is 6.54 Å². The minimum atomic E-state index is -1.10. The number of carbonyl (C=O) groups excluding carboxylic acids is 1. The highest BCUT2D eigenvalue weighted by atomic mass is 16.4. The van der Waals surface area contributed by atoms with E-state index >= 15 is 0 Å². The Morgan fingerprint density at radius 1 is 1.35 bits per heavy atom. The molecule has 1 heterocycles. The van der Waals surface area contributed by atoms with Crippen molar-refractivity contribution in [1.29, 1.82) is 0 Å². The molecule has 5 heteroatoms. The van der Waals surface area contributed by atoms with Crippen molar-refractivity contribution in [3.05, 3.63) is 59.0 Å². The van der Waals surface area contributed by atoms with Crippen LogP contribution in [0.1, 0.15) is 44.9 Å². The van der Waals surface area contributed by atoms with Crippen molar-refractivity contribution in [2.45, 2.75) is 24.7 Å². The second-order valence-electron chi connectivity index (χ2n) is 6.43. The number of hydrogen-bond acceptors (Lipinski definition) is 3. The van der Waals surface area contributed by atoms with Crippen molar-refractivity contribution in [3.63, 3.8) is 0 Å². The van der Waals surface area contributed by atoms with Crippen molar-refractivity contribution in [3.8, 4) is 0 Å². The number of benzene rings is 1. The summed E-state index contributed by atoms with van der Waals surface area (Å²) < 4.78 is 5.02. The minimum absolute atomic E-state index is 0.0113. The van der Waals surface area contributed by atoms with E-state index < -0.39 is 5.97 Å². The summed E-state index contributed by atoms with van der Waals surface area (Å²) in [7, 11) is 0. The van der Waals surface area contributed by atoms with Gasteiger partial charge in [-0.1, -0.05) is 24.3 Å². The standard InChI is InChI=1S/C18H17NO4/c20-16(15-7-12(10-23-15)17(21)22)19-9-13-8-18(13)6-5-11-3-1-2-4-14(11)18/h1-4,7,10,13H,5-6,8-9H2,(H,19,20)(H,21,22)/t13-,18+/m1/s1. The zero-order valence-electron chi connectivity index (χ0n) is 12.5. The van der Waals surface area contributed by atoms with Crippen LogP contribution in [0.2, 0.25) is 0 Å². The Balaban J connectivity index is 1.40. The first-order valence-electron chi connectivity index (χ1n) is 7.78. The van der Waals surface area contributed by atoms with Crippen LogP contribution in [0.4, 0.5) is 0 Å². The monoisotopic (exact) mass is 311 g/mol. The zero-order valence-corrected chi connectivity index (χ0v) is 12.5. The normalized spacial score (nSPS) is 24.4. The molecule has 5 nitrogen and oxygen atoms in total. The summed E-state index contributed by atoms with van der Waals surface area (Å²) in [5.41, 5.74) is 3.09. The topological polar surface area (TPSA) is 79.5 Å². The third kappa shape index (κ3) is 2.23. The summed E-state index contributed by atoms with van der Waals surface area (Å²) in [6.45, 7) is 0.594. The van der Waals surface area contributed by atoms with E-state index in [0.717, 1.165) is 25.5 Å². The molecule has 2 aliphatic carbocycles. The van der Waals surface area contributed by atoms with E-state index in [1.54, 1.807) is 0 Å². The molecule has 4 rings (SSSR count). The molecule has 1 saturated carbocycles. The van der Waals surface area contributed by atoms with Crippen LogP contribution in [0, 0.1) is 5.92 Å². The van der Waals surface area contributed by atoms with E-state index in [0.29, 0.717) is 12.5 Å². The Kier molecular flexibility index (Phi) is 3.04. The first kappa shape index (κ1) is 14.1. The van der Waals surface area contributed by atoms with E-state index in [4.69, 9.17) is 9.52 Å². The van der Waals surface area contributed by atoms with Gasteiger partial charge >= 0.3 is 5.97 Å². The summed E-state index contributed by atoms with van der Waals surface area (Å²) in [6.07, 6.45) is 4.45. The molecule has 0 unspecified atom stereocenters. The Hall–Kier alpha value is -2.56. The summed E-state index contributed by atoms with van der Waals surface area (Å²) in [5, 5.41) is 11.7. The maximum absolute atomic E-state index is 12.1. The van der Waals surface area contributed by atoms with Gasteiger partial charge in [-0.2, -0.15) is 0 Å². The van der Waals surface area contributed by atoms with E-state index in [1.807, 2.05) is 0 Å². The van der Waals surface area contributed by atoms with Crippen molar-refractivity contribution in [1.82, 2.24) is 5.32 Å². The van der Waals surface area contributed by atoms with Crippen LogP contribution in [0.25, 0.3) is 0 Å². The number of aryl methyl sites for hydroxylation is 1. The summed E-state index contributed by atoms with van der Waals surface area (Å²) >= 11 is 0. The van der Waals surface area contributed by atoms with Crippen molar-refractivity contribution >= 4 is 11.9 Å². The average Bonchev–Trinajstić information content (AvgIpc) is 2.89. The Labute approximate surface area is 133 Å². The van der Waals surface area contributed by atoms with Gasteiger partial charge in [0.15, 0.2) is 5.76 Å².